The quantitative estimate of drug-likeness (QED) is 0.784. The number of pyridine rings is 1. The van der Waals surface area contributed by atoms with E-state index in [4.69, 9.17) is 4.74 Å². The minimum atomic E-state index is -0.340. The van der Waals surface area contributed by atoms with Gasteiger partial charge in [-0.1, -0.05) is 13.0 Å². The normalized spacial score (nSPS) is 14.7. The molecule has 0 amide bonds. The summed E-state index contributed by atoms with van der Waals surface area (Å²) in [5.74, 6) is 0.639. The van der Waals surface area contributed by atoms with Crippen LogP contribution >= 0.6 is 11.8 Å². The second-order valence-electron chi connectivity index (χ2n) is 3.31. The van der Waals surface area contributed by atoms with E-state index in [9.17, 15) is 5.11 Å². The average molecular weight is 227 g/mol. The number of hydrogen-bond acceptors (Lipinski definition) is 4. The first-order valence-electron chi connectivity index (χ1n) is 5.08. The SMILES string of the molecule is CCOc1cccc(SC(C)C(C)O)n1. The second-order valence-corrected chi connectivity index (χ2v) is 4.71. The lowest BCUT2D eigenvalue weighted by Crippen LogP contribution is -2.15. The molecule has 15 heavy (non-hydrogen) atoms. The van der Waals surface area contributed by atoms with Crippen LogP contribution in [-0.4, -0.2) is 28.1 Å². The van der Waals surface area contributed by atoms with E-state index in [0.717, 1.165) is 5.03 Å². The Bertz CT molecular complexity index is 304. The van der Waals surface area contributed by atoms with Gasteiger partial charge in [0.05, 0.1) is 12.7 Å². The standard InChI is InChI=1S/C11H17NO2S/c1-4-14-10-6-5-7-11(12-10)15-9(3)8(2)13/h5-9,13H,4H2,1-3H3. The number of ether oxygens (including phenoxy) is 1. The van der Waals surface area contributed by atoms with Crippen molar-refractivity contribution in [1.29, 1.82) is 0 Å². The minimum Gasteiger partial charge on any atom is -0.478 e. The Balaban J connectivity index is 2.64. The highest BCUT2D eigenvalue weighted by atomic mass is 32.2. The number of rotatable bonds is 5. The van der Waals surface area contributed by atoms with Crippen LogP contribution in [0.2, 0.25) is 0 Å². The minimum absolute atomic E-state index is 0.134. The number of thioether (sulfide) groups is 1. The third-order valence-electron chi connectivity index (χ3n) is 1.98. The van der Waals surface area contributed by atoms with Gasteiger partial charge in [-0.15, -0.1) is 11.8 Å². The van der Waals surface area contributed by atoms with Crippen molar-refractivity contribution in [2.45, 2.75) is 37.2 Å². The summed E-state index contributed by atoms with van der Waals surface area (Å²) in [4.78, 5) is 4.31. The molecular formula is C11H17NO2S. The molecule has 0 aliphatic rings. The van der Waals surface area contributed by atoms with Crippen molar-refractivity contribution in [3.05, 3.63) is 18.2 Å². The average Bonchev–Trinajstić information content (AvgIpc) is 2.18. The monoisotopic (exact) mass is 227 g/mol. The van der Waals surface area contributed by atoms with Crippen LogP contribution in [-0.2, 0) is 0 Å². The molecule has 0 fully saturated rings. The van der Waals surface area contributed by atoms with Gasteiger partial charge >= 0.3 is 0 Å². The van der Waals surface area contributed by atoms with E-state index in [1.807, 2.05) is 32.0 Å². The first-order chi connectivity index (χ1) is 7.13. The molecule has 1 heterocycles. The zero-order valence-electron chi connectivity index (χ0n) is 9.30. The zero-order valence-corrected chi connectivity index (χ0v) is 10.1. The molecule has 0 aromatic carbocycles. The van der Waals surface area contributed by atoms with E-state index in [-0.39, 0.29) is 11.4 Å². The molecule has 0 radical (unpaired) electrons. The van der Waals surface area contributed by atoms with Gasteiger partial charge in [0, 0.05) is 11.3 Å². The van der Waals surface area contributed by atoms with Gasteiger partial charge in [0.1, 0.15) is 5.03 Å². The molecule has 0 spiro atoms. The zero-order chi connectivity index (χ0) is 11.3. The molecule has 1 aromatic heterocycles. The number of hydrogen-bond donors (Lipinski definition) is 1. The first-order valence-corrected chi connectivity index (χ1v) is 5.96. The van der Waals surface area contributed by atoms with Gasteiger partial charge in [0.15, 0.2) is 0 Å². The van der Waals surface area contributed by atoms with Gasteiger partial charge in [-0.25, -0.2) is 4.98 Å². The van der Waals surface area contributed by atoms with Crippen LogP contribution in [0.15, 0.2) is 23.2 Å². The van der Waals surface area contributed by atoms with Crippen LogP contribution in [0.4, 0.5) is 0 Å². The molecule has 2 atom stereocenters. The summed E-state index contributed by atoms with van der Waals surface area (Å²) in [6, 6.07) is 5.67. The van der Waals surface area contributed by atoms with Crippen LogP contribution in [0, 0.1) is 0 Å². The molecule has 3 nitrogen and oxygen atoms in total. The van der Waals surface area contributed by atoms with Crippen LogP contribution in [0.25, 0.3) is 0 Å². The highest BCUT2D eigenvalue weighted by molar-refractivity contribution is 7.99. The second kappa shape index (κ2) is 5.98. The summed E-state index contributed by atoms with van der Waals surface area (Å²) in [5.41, 5.74) is 0. The predicted molar refractivity (Wildman–Crippen MR) is 62.4 cm³/mol. The van der Waals surface area contributed by atoms with E-state index < -0.39 is 0 Å². The topological polar surface area (TPSA) is 42.4 Å². The first kappa shape index (κ1) is 12.3. The van der Waals surface area contributed by atoms with Crippen LogP contribution < -0.4 is 4.74 Å². The van der Waals surface area contributed by atoms with Crippen molar-refractivity contribution >= 4 is 11.8 Å². The Morgan fingerprint density at radius 2 is 2.20 bits per heavy atom. The Labute approximate surface area is 94.9 Å². The van der Waals surface area contributed by atoms with Crippen molar-refractivity contribution in [3.8, 4) is 5.88 Å². The van der Waals surface area contributed by atoms with Crippen LogP contribution in [0.3, 0.4) is 0 Å². The highest BCUT2D eigenvalue weighted by Crippen LogP contribution is 2.24. The maximum absolute atomic E-state index is 9.38. The van der Waals surface area contributed by atoms with Crippen LogP contribution in [0.5, 0.6) is 5.88 Å². The largest absolute Gasteiger partial charge is 0.478 e. The van der Waals surface area contributed by atoms with E-state index in [2.05, 4.69) is 4.98 Å². The fourth-order valence-electron chi connectivity index (χ4n) is 0.979. The molecule has 0 bridgehead atoms. The molecule has 0 saturated heterocycles. The predicted octanol–water partition coefficient (Wildman–Crippen LogP) is 2.34. The molecule has 84 valence electrons. The lowest BCUT2D eigenvalue weighted by Gasteiger charge is -2.13. The van der Waals surface area contributed by atoms with Crippen molar-refractivity contribution in [2.75, 3.05) is 6.61 Å². The fourth-order valence-corrected chi connectivity index (χ4v) is 1.86. The summed E-state index contributed by atoms with van der Waals surface area (Å²) < 4.78 is 5.30. The Morgan fingerprint density at radius 1 is 1.47 bits per heavy atom. The Hall–Kier alpha value is -0.740. The van der Waals surface area contributed by atoms with E-state index >= 15 is 0 Å². The fraction of sp³-hybridized carbons (Fsp3) is 0.545. The summed E-state index contributed by atoms with van der Waals surface area (Å²) in [5, 5.41) is 10.4. The number of aliphatic hydroxyl groups is 1. The van der Waals surface area contributed by atoms with Crippen LogP contribution in [0.1, 0.15) is 20.8 Å². The van der Waals surface area contributed by atoms with Gasteiger partial charge in [0.2, 0.25) is 5.88 Å². The van der Waals surface area contributed by atoms with Gasteiger partial charge in [0.25, 0.3) is 0 Å². The van der Waals surface area contributed by atoms with Crippen molar-refractivity contribution in [3.63, 3.8) is 0 Å². The molecule has 1 rings (SSSR count). The molecule has 1 N–H and O–H groups in total. The number of nitrogens with zero attached hydrogens (tertiary/aromatic N) is 1. The highest BCUT2D eigenvalue weighted by Gasteiger charge is 2.11. The van der Waals surface area contributed by atoms with E-state index in [0.29, 0.717) is 12.5 Å². The van der Waals surface area contributed by atoms with Gasteiger partial charge in [-0.3, -0.25) is 0 Å². The summed E-state index contributed by atoms with van der Waals surface area (Å²) in [6.45, 7) is 6.31. The smallest absolute Gasteiger partial charge is 0.214 e. The maximum atomic E-state index is 9.38. The molecule has 0 aliphatic heterocycles. The lowest BCUT2D eigenvalue weighted by molar-refractivity contribution is 0.196. The van der Waals surface area contributed by atoms with Gasteiger partial charge in [-0.2, -0.15) is 0 Å². The lowest BCUT2D eigenvalue weighted by atomic mass is 10.3. The molecule has 2 unspecified atom stereocenters. The Kier molecular flexibility index (Phi) is 4.91. The molecule has 0 aliphatic carbocycles. The molecule has 4 heteroatoms. The third kappa shape index (κ3) is 4.10. The summed E-state index contributed by atoms with van der Waals surface area (Å²) in [7, 11) is 0. The third-order valence-corrected chi connectivity index (χ3v) is 3.21. The van der Waals surface area contributed by atoms with Crippen molar-refractivity contribution in [1.82, 2.24) is 4.98 Å². The van der Waals surface area contributed by atoms with Crippen molar-refractivity contribution in [2.24, 2.45) is 0 Å². The van der Waals surface area contributed by atoms with Gasteiger partial charge in [-0.05, 0) is 19.9 Å². The Morgan fingerprint density at radius 3 is 2.80 bits per heavy atom. The molecular weight excluding hydrogens is 210 g/mol. The number of aliphatic hydroxyl groups excluding tert-OH is 1. The summed E-state index contributed by atoms with van der Waals surface area (Å²) in [6.07, 6.45) is -0.340. The maximum Gasteiger partial charge on any atom is 0.214 e. The van der Waals surface area contributed by atoms with E-state index in [1.54, 1.807) is 18.7 Å². The molecule has 1 aromatic rings. The van der Waals surface area contributed by atoms with Crippen molar-refractivity contribution < 1.29 is 9.84 Å². The number of aromatic nitrogens is 1. The van der Waals surface area contributed by atoms with E-state index in [1.165, 1.54) is 0 Å². The van der Waals surface area contributed by atoms with Gasteiger partial charge < -0.3 is 9.84 Å². The molecule has 0 saturated carbocycles. The summed E-state index contributed by atoms with van der Waals surface area (Å²) >= 11 is 1.55.